The summed E-state index contributed by atoms with van der Waals surface area (Å²) in [5.41, 5.74) is 0. The molecule has 14 heteroatoms. The van der Waals surface area contributed by atoms with Crippen molar-refractivity contribution in [2.75, 3.05) is 6.61 Å². The van der Waals surface area contributed by atoms with Gasteiger partial charge in [0.2, 0.25) is 0 Å². The minimum Gasteiger partial charge on any atom is -0.303 e. The summed E-state index contributed by atoms with van der Waals surface area (Å²) in [7, 11) is -4.48. The third-order valence-corrected chi connectivity index (χ3v) is 4.62. The average molecular weight is 470 g/mol. The normalized spacial score (nSPS) is 14.4. The second-order valence-electron chi connectivity index (χ2n) is 6.61. The van der Waals surface area contributed by atoms with Gasteiger partial charge in [-0.25, -0.2) is 4.57 Å². The van der Waals surface area contributed by atoms with Crippen LogP contribution in [-0.4, -0.2) is 40.3 Å². The van der Waals surface area contributed by atoms with Gasteiger partial charge in [0, 0.05) is 6.42 Å². The van der Waals surface area contributed by atoms with Crippen molar-refractivity contribution in [3.63, 3.8) is 0 Å². The number of hydrogen-bond acceptors (Lipinski definition) is 2. The maximum absolute atomic E-state index is 13.3. The van der Waals surface area contributed by atoms with Crippen molar-refractivity contribution >= 4 is 7.82 Å². The van der Waals surface area contributed by atoms with Crippen LogP contribution in [0.4, 0.5) is 39.5 Å². The van der Waals surface area contributed by atoms with E-state index in [1.54, 1.807) is 0 Å². The van der Waals surface area contributed by atoms with Crippen molar-refractivity contribution in [3.05, 3.63) is 0 Å². The van der Waals surface area contributed by atoms with Gasteiger partial charge in [-0.05, 0) is 12.8 Å². The Morgan fingerprint density at radius 2 is 1.00 bits per heavy atom. The van der Waals surface area contributed by atoms with Crippen molar-refractivity contribution in [3.8, 4) is 0 Å². The molecule has 0 rings (SSSR count). The van der Waals surface area contributed by atoms with Gasteiger partial charge in [-0.1, -0.05) is 44.9 Å². The minimum absolute atomic E-state index is 0.0284. The van der Waals surface area contributed by atoms with Crippen LogP contribution in [0, 0.1) is 0 Å². The smallest absolute Gasteiger partial charge is 0.303 e. The van der Waals surface area contributed by atoms with E-state index in [1.165, 1.54) is 0 Å². The molecule has 0 saturated heterocycles. The van der Waals surface area contributed by atoms with Gasteiger partial charge in [0.1, 0.15) is 0 Å². The van der Waals surface area contributed by atoms with E-state index in [2.05, 4.69) is 4.52 Å². The molecule has 0 unspecified atom stereocenters. The first kappa shape index (κ1) is 28.5. The number of phosphoric ester groups is 1. The number of halogens is 9. The van der Waals surface area contributed by atoms with E-state index < -0.39 is 44.6 Å². The zero-order chi connectivity index (χ0) is 23.0. The SMILES string of the molecule is O=P(O)(O)OCCCCCCCCCCCC(F)(F)C(F)(F)C(F)(F)C(F)(F)F. The van der Waals surface area contributed by atoms with Gasteiger partial charge in [0.15, 0.2) is 0 Å². The predicted molar refractivity (Wildman–Crippen MR) is 85.1 cm³/mol. The zero-order valence-corrected chi connectivity index (χ0v) is 16.2. The topological polar surface area (TPSA) is 66.8 Å². The fraction of sp³-hybridized carbons (Fsp3) is 1.00. The molecule has 0 atom stereocenters. The number of phosphoric acid groups is 1. The first-order chi connectivity index (χ1) is 13.0. The highest BCUT2D eigenvalue weighted by molar-refractivity contribution is 7.46. The number of rotatable bonds is 15. The summed E-state index contributed by atoms with van der Waals surface area (Å²) in [6, 6.07) is 0. The summed E-state index contributed by atoms with van der Waals surface area (Å²) in [4.78, 5) is 16.9. The molecule has 0 aromatic carbocycles. The average Bonchev–Trinajstić information content (AvgIpc) is 2.53. The lowest BCUT2D eigenvalue weighted by Crippen LogP contribution is -2.60. The molecule has 0 bridgehead atoms. The second-order valence-corrected chi connectivity index (χ2v) is 7.85. The molecule has 0 fully saturated rings. The van der Waals surface area contributed by atoms with E-state index in [0.717, 1.165) is 0 Å². The molecular weight excluding hydrogens is 446 g/mol. The molecule has 0 aliphatic carbocycles. The lowest BCUT2D eigenvalue weighted by molar-refractivity contribution is -0.396. The van der Waals surface area contributed by atoms with Gasteiger partial charge < -0.3 is 9.79 Å². The maximum atomic E-state index is 13.3. The molecule has 0 heterocycles. The van der Waals surface area contributed by atoms with E-state index >= 15 is 0 Å². The quantitative estimate of drug-likeness (QED) is 0.164. The fourth-order valence-electron chi connectivity index (χ4n) is 2.43. The molecule has 176 valence electrons. The Bertz CT molecular complexity index is 520. The molecule has 29 heavy (non-hydrogen) atoms. The fourth-order valence-corrected chi connectivity index (χ4v) is 2.80. The Morgan fingerprint density at radius 1 is 0.621 bits per heavy atom. The zero-order valence-electron chi connectivity index (χ0n) is 15.3. The van der Waals surface area contributed by atoms with Crippen LogP contribution in [0.2, 0.25) is 0 Å². The Labute approximate surface area is 162 Å². The highest BCUT2D eigenvalue weighted by Crippen LogP contribution is 2.54. The third kappa shape index (κ3) is 9.44. The standard InChI is InChI=1S/C15H24F9O4P/c16-12(17,13(18,19)14(20,21)15(22,23)24)10-8-6-4-2-1-3-5-7-9-11-28-29(25,26)27/h1-11H2,(H2,25,26,27). The molecule has 0 amide bonds. The Morgan fingerprint density at radius 3 is 1.38 bits per heavy atom. The molecular formula is C15H24F9O4P. The Kier molecular flexibility index (Phi) is 11.0. The van der Waals surface area contributed by atoms with E-state index in [0.29, 0.717) is 44.9 Å². The second kappa shape index (κ2) is 11.2. The Balaban J connectivity index is 3.99. The largest absolute Gasteiger partial charge is 0.469 e. The van der Waals surface area contributed by atoms with Crippen molar-refractivity contribution < 1.29 is 58.4 Å². The van der Waals surface area contributed by atoms with E-state index in [9.17, 15) is 44.1 Å². The lowest BCUT2D eigenvalue weighted by Gasteiger charge is -2.33. The van der Waals surface area contributed by atoms with Crippen LogP contribution in [0.1, 0.15) is 64.2 Å². The van der Waals surface area contributed by atoms with E-state index in [4.69, 9.17) is 9.79 Å². The van der Waals surface area contributed by atoms with Gasteiger partial charge in [0.05, 0.1) is 6.61 Å². The molecule has 0 aromatic heterocycles. The summed E-state index contributed by atoms with van der Waals surface area (Å²) in [6.07, 6.45) is -5.26. The molecule has 2 N–H and O–H groups in total. The molecule has 0 saturated carbocycles. The summed E-state index contributed by atoms with van der Waals surface area (Å²) >= 11 is 0. The van der Waals surface area contributed by atoms with Crippen LogP contribution in [0.3, 0.4) is 0 Å². The summed E-state index contributed by atoms with van der Waals surface area (Å²) in [6.45, 7) is -0.101. The van der Waals surface area contributed by atoms with Gasteiger partial charge in [-0.2, -0.15) is 39.5 Å². The van der Waals surface area contributed by atoms with Crippen LogP contribution in [0.5, 0.6) is 0 Å². The van der Waals surface area contributed by atoms with E-state index in [-0.39, 0.29) is 13.0 Å². The summed E-state index contributed by atoms with van der Waals surface area (Å²) < 4.78 is 129. The monoisotopic (exact) mass is 470 g/mol. The van der Waals surface area contributed by atoms with Crippen molar-refractivity contribution in [1.29, 1.82) is 0 Å². The first-order valence-electron chi connectivity index (χ1n) is 8.86. The van der Waals surface area contributed by atoms with Crippen LogP contribution < -0.4 is 0 Å². The van der Waals surface area contributed by atoms with Crippen molar-refractivity contribution in [2.45, 2.75) is 88.2 Å². The number of unbranched alkanes of at least 4 members (excludes halogenated alkanes) is 8. The number of alkyl halides is 9. The Hall–Kier alpha value is -0.520. The van der Waals surface area contributed by atoms with Crippen LogP contribution in [0.25, 0.3) is 0 Å². The van der Waals surface area contributed by atoms with Gasteiger partial charge >= 0.3 is 31.8 Å². The molecule has 0 radical (unpaired) electrons. The molecule has 0 aliphatic heterocycles. The molecule has 0 aromatic rings. The van der Waals surface area contributed by atoms with Gasteiger partial charge in [-0.3, -0.25) is 4.52 Å². The highest BCUT2D eigenvalue weighted by Gasteiger charge is 2.81. The van der Waals surface area contributed by atoms with Gasteiger partial charge in [0.25, 0.3) is 0 Å². The molecule has 0 aliphatic rings. The predicted octanol–water partition coefficient (Wildman–Crippen LogP) is 6.46. The highest BCUT2D eigenvalue weighted by atomic mass is 31.2. The molecule has 4 nitrogen and oxygen atoms in total. The minimum atomic E-state index is -6.83. The van der Waals surface area contributed by atoms with Crippen molar-refractivity contribution in [1.82, 2.24) is 0 Å². The first-order valence-corrected chi connectivity index (χ1v) is 10.4. The maximum Gasteiger partial charge on any atom is 0.469 e. The van der Waals surface area contributed by atoms with Crippen LogP contribution in [-0.2, 0) is 9.09 Å². The lowest BCUT2D eigenvalue weighted by atomic mass is 9.97. The van der Waals surface area contributed by atoms with Crippen LogP contribution in [0.15, 0.2) is 0 Å². The van der Waals surface area contributed by atoms with Crippen molar-refractivity contribution in [2.24, 2.45) is 0 Å². The van der Waals surface area contributed by atoms with E-state index in [1.807, 2.05) is 0 Å². The third-order valence-electron chi connectivity index (χ3n) is 4.10. The van der Waals surface area contributed by atoms with Crippen LogP contribution >= 0.6 is 7.82 Å². The summed E-state index contributed by atoms with van der Waals surface area (Å²) in [5, 5.41) is 0. The van der Waals surface area contributed by atoms with Gasteiger partial charge in [-0.15, -0.1) is 0 Å². The number of hydrogen-bond donors (Lipinski definition) is 2. The molecule has 0 spiro atoms. The summed E-state index contributed by atoms with van der Waals surface area (Å²) in [5.74, 6) is -18.9.